The summed E-state index contributed by atoms with van der Waals surface area (Å²) >= 11 is 0. The number of nitrogens with one attached hydrogen (secondary N) is 1. The van der Waals surface area contributed by atoms with E-state index in [0.29, 0.717) is 30.1 Å². The molecule has 0 bridgehead atoms. The van der Waals surface area contributed by atoms with Crippen LogP contribution in [-0.4, -0.2) is 18.4 Å². The van der Waals surface area contributed by atoms with Crippen LogP contribution in [0.2, 0.25) is 0 Å². The molecule has 1 N–H and O–H groups in total. The lowest BCUT2D eigenvalue weighted by molar-refractivity contribution is 0.0982. The zero-order valence-corrected chi connectivity index (χ0v) is 9.42. The molecule has 1 aromatic rings. The van der Waals surface area contributed by atoms with Gasteiger partial charge in [0.15, 0.2) is 5.78 Å². The third-order valence-electron chi connectivity index (χ3n) is 2.86. The summed E-state index contributed by atoms with van der Waals surface area (Å²) in [4.78, 5) is 11.7. The van der Waals surface area contributed by atoms with Crippen molar-refractivity contribution < 1.29 is 9.18 Å². The van der Waals surface area contributed by atoms with Gasteiger partial charge in [-0.1, -0.05) is 12.1 Å². The predicted octanol–water partition coefficient (Wildman–Crippen LogP) is 2.46. The second-order valence-corrected chi connectivity index (χ2v) is 4.37. The van der Waals surface area contributed by atoms with Gasteiger partial charge in [-0.2, -0.15) is 0 Å². The van der Waals surface area contributed by atoms with Gasteiger partial charge in [0.2, 0.25) is 0 Å². The zero-order valence-electron chi connectivity index (χ0n) is 9.42. The Morgan fingerprint density at radius 2 is 2.25 bits per heavy atom. The molecule has 1 saturated carbocycles. The highest BCUT2D eigenvalue weighted by Gasteiger charge is 2.20. The van der Waals surface area contributed by atoms with Crippen LogP contribution < -0.4 is 5.32 Å². The van der Waals surface area contributed by atoms with E-state index >= 15 is 0 Å². The molecule has 1 aromatic carbocycles. The lowest BCUT2D eigenvalue weighted by Crippen LogP contribution is -2.20. The van der Waals surface area contributed by atoms with Gasteiger partial charge in [0, 0.05) is 24.6 Å². The molecule has 0 saturated heterocycles. The fourth-order valence-corrected chi connectivity index (χ4v) is 1.59. The molecular formula is C13H16FNO. The minimum Gasteiger partial charge on any atom is -0.314 e. The van der Waals surface area contributed by atoms with E-state index in [1.54, 1.807) is 19.1 Å². The van der Waals surface area contributed by atoms with Gasteiger partial charge in [0.1, 0.15) is 5.82 Å². The fraction of sp³-hybridized carbons (Fsp3) is 0.462. The first kappa shape index (κ1) is 11.3. The van der Waals surface area contributed by atoms with Crippen molar-refractivity contribution >= 4 is 5.78 Å². The number of carbonyl (C=O) groups excluding carboxylic acids is 1. The number of carbonyl (C=O) groups is 1. The number of hydrogen-bond donors (Lipinski definition) is 1. The number of benzene rings is 1. The molecule has 0 unspecified atom stereocenters. The molecule has 1 aliphatic carbocycles. The molecule has 0 atom stereocenters. The minimum atomic E-state index is -0.305. The van der Waals surface area contributed by atoms with Crippen LogP contribution in [-0.2, 0) is 0 Å². The number of rotatable bonds is 5. The summed E-state index contributed by atoms with van der Waals surface area (Å²) in [7, 11) is 0. The molecule has 16 heavy (non-hydrogen) atoms. The van der Waals surface area contributed by atoms with Crippen LogP contribution in [0.25, 0.3) is 0 Å². The van der Waals surface area contributed by atoms with Gasteiger partial charge in [-0.15, -0.1) is 0 Å². The summed E-state index contributed by atoms with van der Waals surface area (Å²) in [5, 5.41) is 3.27. The summed E-state index contributed by atoms with van der Waals surface area (Å²) in [6, 6.07) is 5.28. The summed E-state index contributed by atoms with van der Waals surface area (Å²) in [5.41, 5.74) is 1.05. The summed E-state index contributed by atoms with van der Waals surface area (Å²) < 4.78 is 13.2. The molecule has 0 amide bonds. The predicted molar refractivity (Wildman–Crippen MR) is 61.1 cm³/mol. The van der Waals surface area contributed by atoms with Crippen LogP contribution in [0.5, 0.6) is 0 Å². The smallest absolute Gasteiger partial charge is 0.164 e. The van der Waals surface area contributed by atoms with Gasteiger partial charge in [-0.25, -0.2) is 4.39 Å². The van der Waals surface area contributed by atoms with E-state index in [1.165, 1.54) is 18.9 Å². The molecular weight excluding hydrogens is 205 g/mol. The van der Waals surface area contributed by atoms with Crippen molar-refractivity contribution in [3.05, 3.63) is 35.1 Å². The van der Waals surface area contributed by atoms with Crippen LogP contribution in [0.15, 0.2) is 18.2 Å². The number of hydrogen-bond acceptors (Lipinski definition) is 2. The zero-order chi connectivity index (χ0) is 11.5. The summed E-state index contributed by atoms with van der Waals surface area (Å²) in [6.07, 6.45) is 2.87. The van der Waals surface area contributed by atoms with Crippen LogP contribution in [0.4, 0.5) is 4.39 Å². The maximum Gasteiger partial charge on any atom is 0.164 e. The number of Topliss-reactive ketones (excluding diaryl/α,β-unsaturated/α-hetero) is 1. The topological polar surface area (TPSA) is 29.1 Å². The summed E-state index contributed by atoms with van der Waals surface area (Å²) in [6.45, 7) is 2.39. The van der Waals surface area contributed by atoms with Gasteiger partial charge >= 0.3 is 0 Å². The van der Waals surface area contributed by atoms with Crippen LogP contribution >= 0.6 is 0 Å². The molecule has 0 aliphatic heterocycles. The van der Waals surface area contributed by atoms with E-state index in [-0.39, 0.29) is 11.6 Å². The molecule has 2 nitrogen and oxygen atoms in total. The molecule has 1 aliphatic rings. The largest absolute Gasteiger partial charge is 0.314 e. The Bertz CT molecular complexity index is 399. The van der Waals surface area contributed by atoms with Gasteiger partial charge < -0.3 is 5.32 Å². The van der Waals surface area contributed by atoms with Gasteiger partial charge in [-0.3, -0.25) is 4.79 Å². The molecule has 86 valence electrons. The van der Waals surface area contributed by atoms with E-state index in [1.807, 2.05) is 0 Å². The molecule has 0 radical (unpaired) electrons. The maximum absolute atomic E-state index is 13.2. The number of aryl methyl sites for hydroxylation is 1. The highest BCUT2D eigenvalue weighted by atomic mass is 19.1. The maximum atomic E-state index is 13.2. The molecule has 0 aromatic heterocycles. The van der Waals surface area contributed by atoms with Gasteiger partial charge in [0.25, 0.3) is 0 Å². The normalized spacial score (nSPS) is 15.1. The average Bonchev–Trinajstić information content (AvgIpc) is 3.06. The lowest BCUT2D eigenvalue weighted by atomic mass is 10.1. The third-order valence-corrected chi connectivity index (χ3v) is 2.86. The Hall–Kier alpha value is -1.22. The molecule has 3 heteroatoms. The second kappa shape index (κ2) is 4.74. The van der Waals surface area contributed by atoms with Crippen molar-refractivity contribution in [3.63, 3.8) is 0 Å². The van der Waals surface area contributed by atoms with Crippen molar-refractivity contribution in [1.29, 1.82) is 0 Å². The monoisotopic (exact) mass is 221 g/mol. The van der Waals surface area contributed by atoms with Crippen molar-refractivity contribution in [3.8, 4) is 0 Å². The van der Waals surface area contributed by atoms with Crippen molar-refractivity contribution in [2.75, 3.05) is 6.54 Å². The molecule has 0 heterocycles. The van der Waals surface area contributed by atoms with E-state index in [9.17, 15) is 9.18 Å². The SMILES string of the molecule is Cc1ccc(C(=O)CCNC2CC2)cc1F. The Morgan fingerprint density at radius 3 is 2.88 bits per heavy atom. The summed E-state index contributed by atoms with van der Waals surface area (Å²) in [5.74, 6) is -0.298. The van der Waals surface area contributed by atoms with Crippen molar-refractivity contribution in [2.45, 2.75) is 32.2 Å². The van der Waals surface area contributed by atoms with Crippen molar-refractivity contribution in [1.82, 2.24) is 5.32 Å². The number of halogens is 1. The van der Waals surface area contributed by atoms with E-state index < -0.39 is 0 Å². The highest BCUT2D eigenvalue weighted by Crippen LogP contribution is 2.18. The minimum absolute atomic E-state index is 0.00653. The average molecular weight is 221 g/mol. The van der Waals surface area contributed by atoms with E-state index in [4.69, 9.17) is 0 Å². The highest BCUT2D eigenvalue weighted by molar-refractivity contribution is 5.96. The molecule has 0 spiro atoms. The lowest BCUT2D eigenvalue weighted by Gasteiger charge is -2.04. The first-order valence-electron chi connectivity index (χ1n) is 5.69. The fourth-order valence-electron chi connectivity index (χ4n) is 1.59. The Balaban J connectivity index is 1.88. The second-order valence-electron chi connectivity index (χ2n) is 4.37. The van der Waals surface area contributed by atoms with Crippen LogP contribution in [0.3, 0.4) is 0 Å². The van der Waals surface area contributed by atoms with E-state index in [0.717, 1.165) is 0 Å². The molecule has 1 fully saturated rings. The first-order valence-corrected chi connectivity index (χ1v) is 5.69. The van der Waals surface area contributed by atoms with Crippen LogP contribution in [0.1, 0.15) is 35.2 Å². The Labute approximate surface area is 94.9 Å². The Kier molecular flexibility index (Phi) is 3.34. The van der Waals surface area contributed by atoms with Gasteiger partial charge in [0.05, 0.1) is 0 Å². The van der Waals surface area contributed by atoms with Crippen molar-refractivity contribution in [2.24, 2.45) is 0 Å². The quantitative estimate of drug-likeness (QED) is 0.774. The van der Waals surface area contributed by atoms with Crippen LogP contribution in [0, 0.1) is 12.7 Å². The van der Waals surface area contributed by atoms with E-state index in [2.05, 4.69) is 5.32 Å². The third kappa shape index (κ3) is 2.89. The van der Waals surface area contributed by atoms with Gasteiger partial charge in [-0.05, 0) is 31.4 Å². The first-order chi connectivity index (χ1) is 7.66. The standard InChI is InChI=1S/C13H16FNO/c1-9-2-3-10(8-12(9)14)13(16)6-7-15-11-4-5-11/h2-3,8,11,15H,4-7H2,1H3. The Morgan fingerprint density at radius 1 is 1.50 bits per heavy atom. The number of ketones is 1. The molecule has 2 rings (SSSR count).